The molecule has 1 atom stereocenters. The molecule has 1 aliphatic rings. The number of aromatic nitrogens is 3. The highest BCUT2D eigenvalue weighted by molar-refractivity contribution is 5.77. The third-order valence-corrected chi connectivity index (χ3v) is 5.05. The van der Waals surface area contributed by atoms with Gasteiger partial charge in [-0.05, 0) is 18.8 Å². The molecule has 1 fully saturated rings. The molecule has 27 heavy (non-hydrogen) atoms. The van der Waals surface area contributed by atoms with Gasteiger partial charge in [0.05, 0.1) is 38.0 Å². The van der Waals surface area contributed by atoms with Crippen molar-refractivity contribution in [2.24, 2.45) is 5.92 Å². The van der Waals surface area contributed by atoms with Gasteiger partial charge in [0.1, 0.15) is 5.92 Å². The molecule has 2 aromatic rings. The molecule has 0 amide bonds. The maximum Gasteiger partial charge on any atom is 0.316 e. The lowest BCUT2D eigenvalue weighted by Gasteiger charge is -2.32. The lowest BCUT2D eigenvalue weighted by molar-refractivity contribution is -0.144. The molecule has 3 heterocycles. The van der Waals surface area contributed by atoms with E-state index in [0.717, 1.165) is 37.3 Å². The molecule has 0 radical (unpaired) electrons. The maximum absolute atomic E-state index is 12.0. The average Bonchev–Trinajstić information content (AvgIpc) is 3.17. The van der Waals surface area contributed by atoms with Crippen molar-refractivity contribution in [2.45, 2.75) is 38.5 Å². The molecule has 0 aliphatic carbocycles. The minimum atomic E-state index is -0.423. The van der Waals surface area contributed by atoms with Crippen LogP contribution in [0.25, 0.3) is 0 Å². The molecule has 3 rings (SSSR count). The molecule has 8 heteroatoms. The van der Waals surface area contributed by atoms with Crippen LogP contribution in [0.5, 0.6) is 6.01 Å². The molecular formula is C19H26N4O4. The SMILES string of the molecule is COC(=O)C(c1cc(C2CCN(c3cnc(OC)nc3)CC2)no1)C(C)C. The number of methoxy groups -OCH3 is 2. The first-order chi connectivity index (χ1) is 13.0. The minimum Gasteiger partial charge on any atom is -0.468 e. The van der Waals surface area contributed by atoms with Crippen molar-refractivity contribution in [2.75, 3.05) is 32.2 Å². The van der Waals surface area contributed by atoms with Gasteiger partial charge in [-0.15, -0.1) is 0 Å². The zero-order valence-corrected chi connectivity index (χ0v) is 16.2. The third kappa shape index (κ3) is 4.20. The van der Waals surface area contributed by atoms with Crippen molar-refractivity contribution in [1.29, 1.82) is 0 Å². The molecule has 0 spiro atoms. The van der Waals surface area contributed by atoms with E-state index < -0.39 is 5.92 Å². The summed E-state index contributed by atoms with van der Waals surface area (Å²) in [5.41, 5.74) is 1.89. The maximum atomic E-state index is 12.0. The fourth-order valence-corrected chi connectivity index (χ4v) is 3.50. The van der Waals surface area contributed by atoms with Gasteiger partial charge in [-0.3, -0.25) is 4.79 Å². The fourth-order valence-electron chi connectivity index (χ4n) is 3.50. The second-order valence-corrected chi connectivity index (χ2v) is 7.09. The first-order valence-electron chi connectivity index (χ1n) is 9.18. The lowest BCUT2D eigenvalue weighted by atomic mass is 9.90. The molecule has 8 nitrogen and oxygen atoms in total. The largest absolute Gasteiger partial charge is 0.468 e. The molecule has 2 aromatic heterocycles. The van der Waals surface area contributed by atoms with E-state index >= 15 is 0 Å². The summed E-state index contributed by atoms with van der Waals surface area (Å²) in [6, 6.07) is 2.28. The van der Waals surface area contributed by atoms with E-state index in [9.17, 15) is 4.79 Å². The highest BCUT2D eigenvalue weighted by atomic mass is 16.5. The number of anilines is 1. The molecule has 1 aliphatic heterocycles. The topological polar surface area (TPSA) is 90.6 Å². The number of piperidine rings is 1. The highest BCUT2D eigenvalue weighted by Gasteiger charge is 2.31. The first-order valence-corrected chi connectivity index (χ1v) is 9.18. The van der Waals surface area contributed by atoms with Crippen LogP contribution in [0.1, 0.15) is 50.0 Å². The second kappa shape index (κ2) is 8.37. The van der Waals surface area contributed by atoms with Crippen LogP contribution in [0.15, 0.2) is 23.0 Å². The van der Waals surface area contributed by atoms with Gasteiger partial charge in [-0.1, -0.05) is 19.0 Å². The number of hydrogen-bond donors (Lipinski definition) is 0. The van der Waals surface area contributed by atoms with Crippen molar-refractivity contribution >= 4 is 11.7 Å². The van der Waals surface area contributed by atoms with Crippen LogP contribution < -0.4 is 9.64 Å². The van der Waals surface area contributed by atoms with Crippen molar-refractivity contribution in [3.8, 4) is 6.01 Å². The van der Waals surface area contributed by atoms with Crippen LogP contribution in [0.2, 0.25) is 0 Å². The van der Waals surface area contributed by atoms with E-state index in [4.69, 9.17) is 14.0 Å². The number of carbonyl (C=O) groups excluding carboxylic acids is 1. The Balaban J connectivity index is 1.64. The zero-order chi connectivity index (χ0) is 19.4. The van der Waals surface area contributed by atoms with Crippen LogP contribution in [-0.2, 0) is 9.53 Å². The summed E-state index contributed by atoms with van der Waals surface area (Å²) in [6.45, 7) is 5.71. The second-order valence-electron chi connectivity index (χ2n) is 7.09. The number of carbonyl (C=O) groups is 1. The van der Waals surface area contributed by atoms with Crippen LogP contribution in [0, 0.1) is 5.92 Å². The Labute approximate surface area is 158 Å². The number of esters is 1. The quantitative estimate of drug-likeness (QED) is 0.713. The van der Waals surface area contributed by atoms with Crippen LogP contribution >= 0.6 is 0 Å². The summed E-state index contributed by atoms with van der Waals surface area (Å²) in [7, 11) is 2.95. The van der Waals surface area contributed by atoms with E-state index in [1.807, 2.05) is 19.9 Å². The Morgan fingerprint density at radius 1 is 1.22 bits per heavy atom. The van der Waals surface area contributed by atoms with E-state index in [1.165, 1.54) is 7.11 Å². The minimum absolute atomic E-state index is 0.0789. The normalized spacial score (nSPS) is 16.4. The highest BCUT2D eigenvalue weighted by Crippen LogP contribution is 2.33. The van der Waals surface area contributed by atoms with Gasteiger partial charge < -0.3 is 18.9 Å². The van der Waals surface area contributed by atoms with Crippen molar-refractivity contribution < 1.29 is 18.8 Å². The van der Waals surface area contributed by atoms with Gasteiger partial charge in [0.25, 0.3) is 0 Å². The van der Waals surface area contributed by atoms with Crippen LogP contribution in [0.4, 0.5) is 5.69 Å². The monoisotopic (exact) mass is 374 g/mol. The molecule has 146 valence electrons. The average molecular weight is 374 g/mol. The molecule has 0 saturated carbocycles. The first kappa shape index (κ1) is 19.1. The molecule has 0 N–H and O–H groups in total. The van der Waals surface area contributed by atoms with Gasteiger partial charge in [0.15, 0.2) is 5.76 Å². The Morgan fingerprint density at radius 2 is 1.89 bits per heavy atom. The Hall–Kier alpha value is -2.64. The summed E-state index contributed by atoms with van der Waals surface area (Å²) < 4.78 is 15.4. The number of nitrogens with zero attached hydrogens (tertiary/aromatic N) is 4. The van der Waals surface area contributed by atoms with E-state index in [0.29, 0.717) is 17.7 Å². The van der Waals surface area contributed by atoms with Gasteiger partial charge in [-0.25, -0.2) is 9.97 Å². The zero-order valence-electron chi connectivity index (χ0n) is 16.2. The van der Waals surface area contributed by atoms with E-state index in [1.54, 1.807) is 19.5 Å². The predicted octanol–water partition coefficient (Wildman–Crippen LogP) is 2.77. The summed E-state index contributed by atoms with van der Waals surface area (Å²) in [4.78, 5) is 22.6. The summed E-state index contributed by atoms with van der Waals surface area (Å²) in [6.07, 6.45) is 5.46. The molecular weight excluding hydrogens is 348 g/mol. The van der Waals surface area contributed by atoms with Gasteiger partial charge in [0.2, 0.25) is 0 Å². The molecule has 0 bridgehead atoms. The fraction of sp³-hybridized carbons (Fsp3) is 0.579. The van der Waals surface area contributed by atoms with Gasteiger partial charge >= 0.3 is 12.0 Å². The van der Waals surface area contributed by atoms with Gasteiger partial charge in [0, 0.05) is 25.1 Å². The molecule has 1 unspecified atom stereocenters. The van der Waals surface area contributed by atoms with E-state index in [-0.39, 0.29) is 11.9 Å². The van der Waals surface area contributed by atoms with Crippen molar-refractivity contribution in [3.05, 3.63) is 29.9 Å². The lowest BCUT2D eigenvalue weighted by Crippen LogP contribution is -2.33. The van der Waals surface area contributed by atoms with Gasteiger partial charge in [-0.2, -0.15) is 0 Å². The molecule has 1 saturated heterocycles. The standard InChI is InChI=1S/C19H26N4O4/c1-12(2)17(18(24)25-3)16-9-15(22-27-16)13-5-7-23(8-6-13)14-10-20-19(26-4)21-11-14/h9-13,17H,5-8H2,1-4H3. The number of ether oxygens (including phenoxy) is 2. The number of rotatable bonds is 6. The Bertz CT molecular complexity index is 751. The third-order valence-electron chi connectivity index (χ3n) is 5.05. The Kier molecular flexibility index (Phi) is 5.93. The van der Waals surface area contributed by atoms with Crippen LogP contribution in [-0.4, -0.2) is 48.4 Å². The Morgan fingerprint density at radius 3 is 2.44 bits per heavy atom. The van der Waals surface area contributed by atoms with Crippen molar-refractivity contribution in [1.82, 2.24) is 15.1 Å². The predicted molar refractivity (Wildman–Crippen MR) is 98.9 cm³/mol. The van der Waals surface area contributed by atoms with Crippen LogP contribution in [0.3, 0.4) is 0 Å². The molecule has 0 aromatic carbocycles. The number of hydrogen-bond acceptors (Lipinski definition) is 8. The summed E-state index contributed by atoms with van der Waals surface area (Å²) >= 11 is 0. The smallest absolute Gasteiger partial charge is 0.316 e. The summed E-state index contributed by atoms with van der Waals surface area (Å²) in [5.74, 6) is 0.256. The van der Waals surface area contributed by atoms with Crippen molar-refractivity contribution in [3.63, 3.8) is 0 Å². The van der Waals surface area contributed by atoms with E-state index in [2.05, 4.69) is 20.0 Å². The summed E-state index contributed by atoms with van der Waals surface area (Å²) in [5, 5.41) is 4.24.